The molecular weight excluding hydrogens is 254 g/mol. The van der Waals surface area contributed by atoms with Crippen LogP contribution in [0.25, 0.3) is 10.2 Å². The zero-order valence-electron chi connectivity index (χ0n) is 11.6. The van der Waals surface area contributed by atoms with Crippen molar-refractivity contribution in [2.45, 2.75) is 26.7 Å². The number of fused-ring (bicyclic) bond motifs is 1. The Balaban J connectivity index is 1.72. The minimum atomic E-state index is 0.788. The van der Waals surface area contributed by atoms with Gasteiger partial charge >= 0.3 is 0 Å². The lowest BCUT2D eigenvalue weighted by Gasteiger charge is -2.22. The standard InChI is InChI=1S/C15H21N3S/c1-10-7-11(2)14-13(8-10)19-15(18-14)17-9-12-3-5-16-6-4-12/h7-8,12,16H,3-6,9H2,1-2H3,(H,17,18). The van der Waals surface area contributed by atoms with E-state index in [4.69, 9.17) is 4.98 Å². The molecule has 2 aromatic rings. The summed E-state index contributed by atoms with van der Waals surface area (Å²) in [5.41, 5.74) is 3.75. The van der Waals surface area contributed by atoms with Gasteiger partial charge in [0.15, 0.2) is 5.13 Å². The highest BCUT2D eigenvalue weighted by atomic mass is 32.1. The van der Waals surface area contributed by atoms with Crippen LogP contribution in [0.2, 0.25) is 0 Å². The summed E-state index contributed by atoms with van der Waals surface area (Å²) >= 11 is 1.78. The van der Waals surface area contributed by atoms with Crippen LogP contribution in [0.3, 0.4) is 0 Å². The first-order chi connectivity index (χ1) is 9.22. The van der Waals surface area contributed by atoms with Gasteiger partial charge in [-0.25, -0.2) is 4.98 Å². The molecule has 1 aromatic heterocycles. The Morgan fingerprint density at radius 1 is 1.32 bits per heavy atom. The molecule has 0 atom stereocenters. The summed E-state index contributed by atoms with van der Waals surface area (Å²) < 4.78 is 1.30. The summed E-state index contributed by atoms with van der Waals surface area (Å²) in [5.74, 6) is 0.788. The first-order valence-electron chi connectivity index (χ1n) is 7.05. The van der Waals surface area contributed by atoms with E-state index in [0.29, 0.717) is 0 Å². The van der Waals surface area contributed by atoms with Crippen molar-refractivity contribution in [3.05, 3.63) is 23.3 Å². The van der Waals surface area contributed by atoms with Crippen LogP contribution < -0.4 is 10.6 Å². The SMILES string of the molecule is Cc1cc(C)c2nc(NCC3CCNCC3)sc2c1. The highest BCUT2D eigenvalue weighted by Crippen LogP contribution is 2.29. The number of rotatable bonds is 3. The molecule has 1 aliphatic rings. The van der Waals surface area contributed by atoms with Gasteiger partial charge < -0.3 is 10.6 Å². The molecule has 0 saturated carbocycles. The van der Waals surface area contributed by atoms with Crippen molar-refractivity contribution < 1.29 is 0 Å². The Labute approximate surface area is 118 Å². The average Bonchev–Trinajstić information content (AvgIpc) is 2.81. The number of hydrogen-bond donors (Lipinski definition) is 2. The Kier molecular flexibility index (Phi) is 3.71. The van der Waals surface area contributed by atoms with Crippen molar-refractivity contribution in [3.63, 3.8) is 0 Å². The van der Waals surface area contributed by atoms with E-state index in [1.165, 1.54) is 28.7 Å². The van der Waals surface area contributed by atoms with Gasteiger partial charge in [0, 0.05) is 6.54 Å². The zero-order chi connectivity index (χ0) is 13.2. The lowest BCUT2D eigenvalue weighted by atomic mass is 9.98. The number of nitrogens with zero attached hydrogens (tertiary/aromatic N) is 1. The fraction of sp³-hybridized carbons (Fsp3) is 0.533. The monoisotopic (exact) mass is 275 g/mol. The van der Waals surface area contributed by atoms with E-state index < -0.39 is 0 Å². The molecule has 2 heterocycles. The number of piperidine rings is 1. The van der Waals surface area contributed by atoms with Crippen LogP contribution in [0.15, 0.2) is 12.1 Å². The molecule has 1 fully saturated rings. The summed E-state index contributed by atoms with van der Waals surface area (Å²) in [5, 5.41) is 8.01. The fourth-order valence-electron chi connectivity index (χ4n) is 2.76. The van der Waals surface area contributed by atoms with Crippen molar-refractivity contribution in [3.8, 4) is 0 Å². The number of thiazole rings is 1. The van der Waals surface area contributed by atoms with Gasteiger partial charge in [-0.2, -0.15) is 0 Å². The van der Waals surface area contributed by atoms with Crippen LogP contribution in [0.5, 0.6) is 0 Å². The van der Waals surface area contributed by atoms with Gasteiger partial charge in [-0.15, -0.1) is 0 Å². The number of nitrogens with one attached hydrogen (secondary N) is 2. The van der Waals surface area contributed by atoms with Crippen molar-refractivity contribution in [1.29, 1.82) is 0 Å². The fourth-order valence-corrected chi connectivity index (χ4v) is 3.81. The second-order valence-corrected chi connectivity index (χ2v) is 6.55. The van der Waals surface area contributed by atoms with E-state index in [-0.39, 0.29) is 0 Å². The Bertz CT molecular complexity index is 570. The van der Waals surface area contributed by atoms with Crippen LogP contribution in [-0.4, -0.2) is 24.6 Å². The summed E-state index contributed by atoms with van der Waals surface area (Å²) in [6.07, 6.45) is 2.55. The van der Waals surface area contributed by atoms with Gasteiger partial charge in [-0.05, 0) is 62.9 Å². The molecule has 0 unspecified atom stereocenters. The van der Waals surface area contributed by atoms with Crippen LogP contribution in [0, 0.1) is 19.8 Å². The maximum atomic E-state index is 4.73. The molecule has 0 amide bonds. The quantitative estimate of drug-likeness (QED) is 0.902. The number of benzene rings is 1. The topological polar surface area (TPSA) is 37.0 Å². The van der Waals surface area contributed by atoms with Crippen molar-refractivity contribution >= 4 is 26.7 Å². The number of aromatic nitrogens is 1. The van der Waals surface area contributed by atoms with Crippen LogP contribution in [0.1, 0.15) is 24.0 Å². The van der Waals surface area contributed by atoms with E-state index in [1.807, 2.05) is 0 Å². The number of aryl methyl sites for hydroxylation is 2. The summed E-state index contributed by atoms with van der Waals surface area (Å²) in [6.45, 7) is 7.66. The molecule has 2 N–H and O–H groups in total. The van der Waals surface area contributed by atoms with Gasteiger partial charge in [0.05, 0.1) is 10.2 Å². The molecule has 0 radical (unpaired) electrons. The number of anilines is 1. The highest BCUT2D eigenvalue weighted by molar-refractivity contribution is 7.22. The lowest BCUT2D eigenvalue weighted by molar-refractivity contribution is 0.390. The van der Waals surface area contributed by atoms with E-state index in [0.717, 1.165) is 36.2 Å². The third-order valence-electron chi connectivity index (χ3n) is 3.83. The molecule has 0 spiro atoms. The number of hydrogen-bond acceptors (Lipinski definition) is 4. The normalized spacial score (nSPS) is 16.9. The molecule has 1 saturated heterocycles. The average molecular weight is 275 g/mol. The molecule has 3 rings (SSSR count). The maximum Gasteiger partial charge on any atom is 0.183 e. The summed E-state index contributed by atoms with van der Waals surface area (Å²) in [6, 6.07) is 4.44. The van der Waals surface area contributed by atoms with Crippen molar-refractivity contribution in [2.24, 2.45) is 5.92 Å². The predicted molar refractivity (Wildman–Crippen MR) is 83.2 cm³/mol. The molecule has 1 aliphatic heterocycles. The van der Waals surface area contributed by atoms with E-state index in [9.17, 15) is 0 Å². The maximum absolute atomic E-state index is 4.73. The third-order valence-corrected chi connectivity index (χ3v) is 4.79. The van der Waals surface area contributed by atoms with E-state index in [1.54, 1.807) is 11.3 Å². The molecule has 19 heavy (non-hydrogen) atoms. The zero-order valence-corrected chi connectivity index (χ0v) is 12.4. The minimum Gasteiger partial charge on any atom is -0.361 e. The molecule has 0 bridgehead atoms. The molecule has 3 nitrogen and oxygen atoms in total. The summed E-state index contributed by atoms with van der Waals surface area (Å²) in [4.78, 5) is 4.73. The van der Waals surface area contributed by atoms with Crippen LogP contribution >= 0.6 is 11.3 Å². The Morgan fingerprint density at radius 2 is 2.11 bits per heavy atom. The van der Waals surface area contributed by atoms with Gasteiger partial charge in [-0.3, -0.25) is 0 Å². The first kappa shape index (κ1) is 12.9. The smallest absolute Gasteiger partial charge is 0.183 e. The minimum absolute atomic E-state index is 0.788. The molecule has 102 valence electrons. The van der Waals surface area contributed by atoms with Gasteiger partial charge in [0.2, 0.25) is 0 Å². The second kappa shape index (κ2) is 5.47. The van der Waals surface area contributed by atoms with Crippen LogP contribution in [-0.2, 0) is 0 Å². The van der Waals surface area contributed by atoms with Gasteiger partial charge in [0.1, 0.15) is 0 Å². The molecule has 0 aliphatic carbocycles. The van der Waals surface area contributed by atoms with Crippen LogP contribution in [0.4, 0.5) is 5.13 Å². The lowest BCUT2D eigenvalue weighted by Crippen LogP contribution is -2.31. The largest absolute Gasteiger partial charge is 0.361 e. The molecule has 4 heteroatoms. The molecular formula is C15H21N3S. The predicted octanol–water partition coefficient (Wildman–Crippen LogP) is 3.32. The van der Waals surface area contributed by atoms with E-state index >= 15 is 0 Å². The first-order valence-corrected chi connectivity index (χ1v) is 7.86. The Hall–Kier alpha value is -1.13. The van der Waals surface area contributed by atoms with Gasteiger partial charge in [0.25, 0.3) is 0 Å². The van der Waals surface area contributed by atoms with Gasteiger partial charge in [-0.1, -0.05) is 17.4 Å². The third kappa shape index (κ3) is 2.90. The Morgan fingerprint density at radius 3 is 2.89 bits per heavy atom. The molecule has 1 aromatic carbocycles. The van der Waals surface area contributed by atoms with E-state index in [2.05, 4.69) is 36.6 Å². The van der Waals surface area contributed by atoms with Crippen molar-refractivity contribution in [1.82, 2.24) is 10.3 Å². The second-order valence-electron chi connectivity index (χ2n) is 5.52. The highest BCUT2D eigenvalue weighted by Gasteiger charge is 2.13. The van der Waals surface area contributed by atoms with Crippen molar-refractivity contribution in [2.75, 3.05) is 25.0 Å². The summed E-state index contributed by atoms with van der Waals surface area (Å²) in [7, 11) is 0.